The van der Waals surface area contributed by atoms with Crippen LogP contribution in [0.5, 0.6) is 0 Å². The van der Waals surface area contributed by atoms with E-state index in [1.165, 1.54) is 17.0 Å². The first kappa shape index (κ1) is 30.6. The molecule has 0 aromatic heterocycles. The number of benzene rings is 3. The maximum Gasteiger partial charge on any atom is 0.264 e. The maximum absolute atomic E-state index is 14.2. The molecule has 1 aliphatic carbocycles. The minimum absolute atomic E-state index is 0.0862. The van der Waals surface area contributed by atoms with E-state index in [9.17, 15) is 18.0 Å². The third-order valence-electron chi connectivity index (χ3n) is 7.58. The summed E-state index contributed by atoms with van der Waals surface area (Å²) in [6, 6.07) is 20.0. The summed E-state index contributed by atoms with van der Waals surface area (Å²) in [5.74, 6) is -0.682. The highest BCUT2D eigenvalue weighted by molar-refractivity contribution is 7.92. The fraction of sp³-hybridized carbons (Fsp3) is 0.375. The molecule has 0 aliphatic heterocycles. The quantitative estimate of drug-likeness (QED) is 0.294. The molecule has 1 aliphatic rings. The number of halogens is 1. The highest BCUT2D eigenvalue weighted by atomic mass is 35.5. The van der Waals surface area contributed by atoms with Crippen molar-refractivity contribution in [1.82, 2.24) is 10.2 Å². The fourth-order valence-electron chi connectivity index (χ4n) is 5.39. The smallest absolute Gasteiger partial charge is 0.264 e. The summed E-state index contributed by atoms with van der Waals surface area (Å²) in [6.07, 6.45) is 4.35. The molecule has 0 radical (unpaired) electrons. The van der Waals surface area contributed by atoms with E-state index in [0.29, 0.717) is 17.1 Å². The molecular weight excluding hydrogens is 558 g/mol. The van der Waals surface area contributed by atoms with Gasteiger partial charge < -0.3 is 10.2 Å². The molecule has 9 heteroatoms. The lowest BCUT2D eigenvalue weighted by molar-refractivity contribution is -0.140. The van der Waals surface area contributed by atoms with Gasteiger partial charge in [0, 0.05) is 17.6 Å². The van der Waals surface area contributed by atoms with Crippen molar-refractivity contribution in [1.29, 1.82) is 0 Å². The summed E-state index contributed by atoms with van der Waals surface area (Å²) in [7, 11) is -4.10. The van der Waals surface area contributed by atoms with Gasteiger partial charge in [-0.3, -0.25) is 13.9 Å². The molecule has 0 bridgehead atoms. The second kappa shape index (κ2) is 13.5. The number of carbonyl (C=O) groups excluding carboxylic acids is 2. The number of nitrogens with one attached hydrogen (secondary N) is 1. The number of hydrogen-bond acceptors (Lipinski definition) is 4. The molecule has 3 aromatic carbocycles. The standard InChI is InChI=1S/C32H38ClN3O4S/c1-4-29(32(38)34-27-10-8-9-11-27)35(21-25-15-17-26(33)18-16-25)31(37)22-36(30-19-14-23(2)20-24(30)3)41(39,40)28-12-6-5-7-13-28/h5-7,12-20,27,29H,4,8-11,21-22H2,1-3H3,(H,34,38)/t29-/m1/s1. The summed E-state index contributed by atoms with van der Waals surface area (Å²) in [6.45, 7) is 5.31. The lowest BCUT2D eigenvalue weighted by atomic mass is 10.1. The van der Waals surface area contributed by atoms with Crippen LogP contribution in [0.15, 0.2) is 77.7 Å². The highest BCUT2D eigenvalue weighted by Crippen LogP contribution is 2.28. The van der Waals surface area contributed by atoms with Crippen LogP contribution in [0.3, 0.4) is 0 Å². The Morgan fingerprint density at radius 3 is 2.24 bits per heavy atom. The Kier molecular flexibility index (Phi) is 10.1. The van der Waals surface area contributed by atoms with E-state index in [0.717, 1.165) is 46.7 Å². The summed E-state index contributed by atoms with van der Waals surface area (Å²) in [4.78, 5) is 29.3. The summed E-state index contributed by atoms with van der Waals surface area (Å²) in [5, 5.41) is 3.69. The SMILES string of the molecule is CC[C@H](C(=O)NC1CCCC1)N(Cc1ccc(Cl)cc1)C(=O)CN(c1ccc(C)cc1C)S(=O)(=O)c1ccccc1. The van der Waals surface area contributed by atoms with Gasteiger partial charge in [0.05, 0.1) is 10.6 Å². The molecule has 7 nitrogen and oxygen atoms in total. The Morgan fingerprint density at radius 2 is 1.63 bits per heavy atom. The van der Waals surface area contributed by atoms with Gasteiger partial charge in [0.15, 0.2) is 0 Å². The molecule has 0 heterocycles. The number of nitrogens with zero attached hydrogens (tertiary/aromatic N) is 2. The Labute approximate surface area is 248 Å². The van der Waals surface area contributed by atoms with Crippen LogP contribution < -0.4 is 9.62 Å². The molecule has 0 spiro atoms. The van der Waals surface area contributed by atoms with Gasteiger partial charge >= 0.3 is 0 Å². The van der Waals surface area contributed by atoms with Crippen LogP contribution in [0.1, 0.15) is 55.7 Å². The zero-order valence-corrected chi connectivity index (χ0v) is 25.4. The van der Waals surface area contributed by atoms with Gasteiger partial charge in [-0.1, -0.05) is 79.4 Å². The van der Waals surface area contributed by atoms with E-state index in [-0.39, 0.29) is 23.4 Å². The van der Waals surface area contributed by atoms with Crippen molar-refractivity contribution in [2.45, 2.75) is 76.4 Å². The summed E-state index contributed by atoms with van der Waals surface area (Å²) < 4.78 is 29.1. The zero-order chi connectivity index (χ0) is 29.6. The van der Waals surface area contributed by atoms with Gasteiger partial charge in [0.2, 0.25) is 11.8 Å². The molecule has 4 rings (SSSR count). The number of hydrogen-bond donors (Lipinski definition) is 1. The molecule has 1 N–H and O–H groups in total. The minimum Gasteiger partial charge on any atom is -0.352 e. The predicted molar refractivity (Wildman–Crippen MR) is 163 cm³/mol. The lowest BCUT2D eigenvalue weighted by Crippen LogP contribution is -2.53. The highest BCUT2D eigenvalue weighted by Gasteiger charge is 2.35. The lowest BCUT2D eigenvalue weighted by Gasteiger charge is -2.34. The number of carbonyl (C=O) groups is 2. The molecular formula is C32H38ClN3O4S. The molecule has 1 fully saturated rings. The van der Waals surface area contributed by atoms with Gasteiger partial charge in [0.1, 0.15) is 12.6 Å². The number of sulfonamides is 1. The average molecular weight is 596 g/mol. The summed E-state index contributed by atoms with van der Waals surface area (Å²) >= 11 is 6.10. The van der Waals surface area contributed by atoms with Crippen LogP contribution in [0.2, 0.25) is 5.02 Å². The Balaban J connectivity index is 1.72. The second-order valence-corrected chi connectivity index (χ2v) is 13.0. The van der Waals surface area contributed by atoms with Gasteiger partial charge in [-0.15, -0.1) is 0 Å². The van der Waals surface area contributed by atoms with E-state index in [4.69, 9.17) is 11.6 Å². The molecule has 2 amide bonds. The number of anilines is 1. The Morgan fingerprint density at radius 1 is 0.976 bits per heavy atom. The zero-order valence-electron chi connectivity index (χ0n) is 23.8. The predicted octanol–water partition coefficient (Wildman–Crippen LogP) is 6.02. The van der Waals surface area contributed by atoms with Gasteiger partial charge in [0.25, 0.3) is 10.0 Å². The van der Waals surface area contributed by atoms with Crippen molar-refractivity contribution in [2.24, 2.45) is 0 Å². The Hall–Kier alpha value is -3.36. The topological polar surface area (TPSA) is 86.8 Å². The first-order valence-electron chi connectivity index (χ1n) is 14.1. The minimum atomic E-state index is -4.10. The van der Waals surface area contributed by atoms with E-state index < -0.39 is 28.5 Å². The van der Waals surface area contributed by atoms with Gasteiger partial charge in [-0.2, -0.15) is 0 Å². The van der Waals surface area contributed by atoms with Crippen LogP contribution in [0.25, 0.3) is 0 Å². The van der Waals surface area contributed by atoms with Crippen molar-refractivity contribution < 1.29 is 18.0 Å². The monoisotopic (exact) mass is 595 g/mol. The maximum atomic E-state index is 14.2. The van der Waals surface area contributed by atoms with Crippen LogP contribution in [-0.4, -0.2) is 43.8 Å². The molecule has 1 atom stereocenters. The van der Waals surface area contributed by atoms with Gasteiger partial charge in [-0.25, -0.2) is 8.42 Å². The van der Waals surface area contributed by atoms with Crippen LogP contribution in [0.4, 0.5) is 5.69 Å². The molecule has 3 aromatic rings. The number of rotatable bonds is 11. The van der Waals surface area contributed by atoms with E-state index in [1.54, 1.807) is 36.4 Å². The normalized spacial score (nSPS) is 14.4. The molecule has 0 saturated heterocycles. The number of amides is 2. The van der Waals surface area contributed by atoms with Crippen molar-refractivity contribution in [3.63, 3.8) is 0 Å². The van der Waals surface area contributed by atoms with E-state index >= 15 is 0 Å². The van der Waals surface area contributed by atoms with Crippen LogP contribution in [-0.2, 0) is 26.2 Å². The Bertz CT molecular complexity index is 1460. The van der Waals surface area contributed by atoms with Crippen molar-refractivity contribution >= 4 is 39.1 Å². The van der Waals surface area contributed by atoms with Crippen molar-refractivity contribution in [3.05, 3.63) is 94.5 Å². The first-order valence-corrected chi connectivity index (χ1v) is 15.9. The van der Waals surface area contributed by atoms with Crippen molar-refractivity contribution in [3.8, 4) is 0 Å². The van der Waals surface area contributed by atoms with Crippen LogP contribution in [0, 0.1) is 13.8 Å². The second-order valence-electron chi connectivity index (χ2n) is 10.7. The third-order valence-corrected chi connectivity index (χ3v) is 9.61. The molecule has 218 valence electrons. The van der Waals surface area contributed by atoms with Gasteiger partial charge in [-0.05, 0) is 74.6 Å². The third kappa shape index (κ3) is 7.49. The molecule has 0 unspecified atom stereocenters. The molecule has 1 saturated carbocycles. The fourth-order valence-corrected chi connectivity index (χ4v) is 7.02. The van der Waals surface area contributed by atoms with E-state index in [2.05, 4.69) is 5.32 Å². The van der Waals surface area contributed by atoms with E-state index in [1.807, 2.05) is 45.0 Å². The largest absolute Gasteiger partial charge is 0.352 e. The summed E-state index contributed by atoms with van der Waals surface area (Å²) in [5.41, 5.74) is 2.92. The molecule has 41 heavy (non-hydrogen) atoms. The number of aryl methyl sites for hydroxylation is 2. The average Bonchev–Trinajstić information content (AvgIpc) is 3.46. The first-order chi connectivity index (χ1) is 19.6. The van der Waals surface area contributed by atoms with Crippen LogP contribution >= 0.6 is 11.6 Å². The van der Waals surface area contributed by atoms with Crippen molar-refractivity contribution in [2.75, 3.05) is 10.8 Å².